The Kier molecular flexibility index (Phi) is 8.20. The molecule has 0 amide bonds. The van der Waals surface area contributed by atoms with E-state index in [2.05, 4.69) is 23.3 Å². The molecule has 1 unspecified atom stereocenters. The van der Waals surface area contributed by atoms with Crippen LogP contribution >= 0.6 is 22.5 Å². The monoisotopic (exact) mass is 182 g/mol. The zero-order valence-corrected chi connectivity index (χ0v) is 7.83. The molecule has 1 N–H and O–H groups in total. The van der Waals surface area contributed by atoms with E-state index in [1.54, 1.807) is 10.8 Å². The predicted molar refractivity (Wildman–Crippen MR) is 48.6 cm³/mol. The Morgan fingerprint density at radius 2 is 2.40 bits per heavy atom. The first-order chi connectivity index (χ1) is 4.85. The Morgan fingerprint density at radius 1 is 1.80 bits per heavy atom. The lowest BCUT2D eigenvalue weighted by Crippen LogP contribution is -1.88. The minimum Gasteiger partial charge on any atom is -0.394 e. The van der Waals surface area contributed by atoms with Crippen LogP contribution in [0.15, 0.2) is 0 Å². The molecule has 0 aromatic carbocycles. The lowest BCUT2D eigenvalue weighted by molar-refractivity contribution is 0.244. The molecule has 1 aliphatic heterocycles. The summed E-state index contributed by atoms with van der Waals surface area (Å²) in [5.74, 6) is 1.17. The highest BCUT2D eigenvalue weighted by Crippen LogP contribution is 2.05. The fraction of sp³-hybridized carbons (Fsp3) is 1.00. The van der Waals surface area contributed by atoms with E-state index in [-0.39, 0.29) is 12.7 Å². The maximum atomic E-state index is 8.08. The van der Waals surface area contributed by atoms with Crippen LogP contribution in [0.25, 0.3) is 0 Å². The second kappa shape index (κ2) is 7.72. The number of epoxide rings is 1. The van der Waals surface area contributed by atoms with E-state index in [0.717, 1.165) is 6.61 Å². The Balaban J connectivity index is 0.000000162. The molecule has 0 radical (unpaired) electrons. The van der Waals surface area contributed by atoms with Gasteiger partial charge in [0.15, 0.2) is 0 Å². The quantitative estimate of drug-likeness (QED) is 0.393. The SMILES string of the molecule is CCCSS.OCC1CO1. The van der Waals surface area contributed by atoms with Crippen LogP contribution < -0.4 is 0 Å². The molecule has 0 aromatic heterocycles. The Bertz CT molecular complexity index is 64.8. The number of thiol groups is 1. The van der Waals surface area contributed by atoms with Crippen molar-refractivity contribution in [2.24, 2.45) is 0 Å². The van der Waals surface area contributed by atoms with Crippen LogP contribution in [0.2, 0.25) is 0 Å². The highest BCUT2D eigenvalue weighted by molar-refractivity contribution is 8.68. The average molecular weight is 182 g/mol. The van der Waals surface area contributed by atoms with Crippen molar-refractivity contribution < 1.29 is 9.84 Å². The molecule has 1 aliphatic rings. The molecule has 2 nitrogen and oxygen atoms in total. The smallest absolute Gasteiger partial charge is 0.104 e. The molecule has 1 heterocycles. The fourth-order valence-corrected chi connectivity index (χ4v) is 0.995. The van der Waals surface area contributed by atoms with Gasteiger partial charge in [0.05, 0.1) is 13.2 Å². The summed E-state index contributed by atoms with van der Waals surface area (Å²) in [6.45, 7) is 3.10. The van der Waals surface area contributed by atoms with Crippen molar-refractivity contribution in [2.75, 3.05) is 19.0 Å². The summed E-state index contributed by atoms with van der Waals surface area (Å²) in [6.07, 6.45) is 1.42. The second-order valence-corrected chi connectivity index (χ2v) is 3.41. The number of hydrogen-bond donors (Lipinski definition) is 2. The maximum Gasteiger partial charge on any atom is 0.104 e. The Morgan fingerprint density at radius 3 is 2.40 bits per heavy atom. The van der Waals surface area contributed by atoms with Gasteiger partial charge < -0.3 is 9.84 Å². The molecule has 62 valence electrons. The fourth-order valence-electron chi connectivity index (χ4n) is 0.265. The van der Waals surface area contributed by atoms with E-state index < -0.39 is 0 Å². The minimum absolute atomic E-state index is 0.190. The molecular weight excluding hydrogens is 168 g/mol. The summed E-state index contributed by atoms with van der Waals surface area (Å²) in [5.41, 5.74) is 0. The van der Waals surface area contributed by atoms with Gasteiger partial charge in [-0.3, -0.25) is 0 Å². The highest BCUT2D eigenvalue weighted by Gasteiger charge is 2.19. The first-order valence-corrected chi connectivity index (χ1v) is 5.37. The first kappa shape index (κ1) is 10.6. The van der Waals surface area contributed by atoms with Gasteiger partial charge in [-0.2, -0.15) is 0 Å². The molecule has 4 heteroatoms. The van der Waals surface area contributed by atoms with Gasteiger partial charge in [0, 0.05) is 5.75 Å². The minimum atomic E-state index is 0.190. The lowest BCUT2D eigenvalue weighted by Gasteiger charge is -1.78. The number of aliphatic hydroxyl groups excluding tert-OH is 1. The first-order valence-electron chi connectivity index (χ1n) is 3.34. The van der Waals surface area contributed by atoms with Gasteiger partial charge in [0.2, 0.25) is 0 Å². The molecule has 10 heavy (non-hydrogen) atoms. The Hall–Kier alpha value is 0.620. The van der Waals surface area contributed by atoms with Crippen LogP contribution in [0, 0.1) is 0 Å². The molecule has 0 saturated carbocycles. The molecule has 1 atom stereocenters. The zero-order valence-electron chi connectivity index (χ0n) is 6.12. The van der Waals surface area contributed by atoms with Crippen LogP contribution in [0.1, 0.15) is 13.3 Å². The van der Waals surface area contributed by atoms with Crippen molar-refractivity contribution in [3.05, 3.63) is 0 Å². The molecule has 0 aliphatic carbocycles. The number of hydrogen-bond acceptors (Lipinski definition) is 4. The lowest BCUT2D eigenvalue weighted by atomic mass is 10.5. The third-order valence-electron chi connectivity index (χ3n) is 0.901. The van der Waals surface area contributed by atoms with Gasteiger partial charge in [0.1, 0.15) is 6.10 Å². The summed E-state index contributed by atoms with van der Waals surface area (Å²) in [5, 5.41) is 8.08. The number of aliphatic hydroxyl groups is 1. The zero-order chi connectivity index (χ0) is 7.82. The largest absolute Gasteiger partial charge is 0.394 e. The second-order valence-electron chi connectivity index (χ2n) is 1.97. The molecule has 1 saturated heterocycles. The molecule has 0 spiro atoms. The van der Waals surface area contributed by atoms with E-state index in [0.29, 0.717) is 0 Å². The number of ether oxygens (including phenoxy) is 1. The van der Waals surface area contributed by atoms with Gasteiger partial charge >= 0.3 is 0 Å². The highest BCUT2D eigenvalue weighted by atomic mass is 33.1. The van der Waals surface area contributed by atoms with E-state index in [1.807, 2.05) is 0 Å². The normalized spacial score (nSPS) is 21.3. The van der Waals surface area contributed by atoms with Crippen LogP contribution in [-0.2, 0) is 4.74 Å². The van der Waals surface area contributed by atoms with Gasteiger partial charge in [-0.15, -0.1) is 11.7 Å². The summed E-state index contributed by atoms with van der Waals surface area (Å²) in [6, 6.07) is 0. The van der Waals surface area contributed by atoms with Crippen LogP contribution in [-0.4, -0.2) is 30.2 Å². The van der Waals surface area contributed by atoms with E-state index in [1.165, 1.54) is 12.2 Å². The predicted octanol–water partition coefficient (Wildman–Crippen LogP) is 1.35. The molecule has 0 aromatic rings. The average Bonchev–Trinajstić information content (AvgIpc) is 2.72. The molecule has 1 rings (SSSR count). The number of rotatable bonds is 3. The van der Waals surface area contributed by atoms with Crippen molar-refractivity contribution in [3.63, 3.8) is 0 Å². The summed E-state index contributed by atoms with van der Waals surface area (Å²) >= 11 is 3.92. The van der Waals surface area contributed by atoms with Crippen molar-refractivity contribution in [3.8, 4) is 0 Å². The Labute approximate surface area is 71.1 Å². The summed E-state index contributed by atoms with van der Waals surface area (Å²) in [7, 11) is 1.60. The van der Waals surface area contributed by atoms with E-state index in [4.69, 9.17) is 5.11 Å². The third-order valence-corrected chi connectivity index (χ3v) is 2.04. The molecule has 1 fully saturated rings. The summed E-state index contributed by atoms with van der Waals surface area (Å²) < 4.78 is 4.61. The molecular formula is C6H14O2S2. The maximum absolute atomic E-state index is 8.08. The van der Waals surface area contributed by atoms with Gasteiger partial charge in [0.25, 0.3) is 0 Å². The van der Waals surface area contributed by atoms with Gasteiger partial charge in [-0.1, -0.05) is 17.7 Å². The van der Waals surface area contributed by atoms with Crippen LogP contribution in [0.5, 0.6) is 0 Å². The van der Waals surface area contributed by atoms with Gasteiger partial charge in [-0.05, 0) is 6.42 Å². The molecule has 0 bridgehead atoms. The van der Waals surface area contributed by atoms with E-state index in [9.17, 15) is 0 Å². The van der Waals surface area contributed by atoms with Crippen LogP contribution in [0.3, 0.4) is 0 Å². The van der Waals surface area contributed by atoms with E-state index >= 15 is 0 Å². The van der Waals surface area contributed by atoms with Crippen molar-refractivity contribution in [1.29, 1.82) is 0 Å². The van der Waals surface area contributed by atoms with Crippen molar-refractivity contribution in [1.82, 2.24) is 0 Å². The van der Waals surface area contributed by atoms with Crippen molar-refractivity contribution in [2.45, 2.75) is 19.4 Å². The van der Waals surface area contributed by atoms with Crippen molar-refractivity contribution >= 4 is 22.5 Å². The van der Waals surface area contributed by atoms with Crippen LogP contribution in [0.4, 0.5) is 0 Å². The topological polar surface area (TPSA) is 32.8 Å². The summed E-state index contributed by atoms with van der Waals surface area (Å²) in [4.78, 5) is 0. The standard InChI is InChI=1S/C3H6O2.C3H8S2/c4-1-3-2-5-3;1-2-3-5-4/h3-4H,1-2H2;4H,2-3H2,1H3. The third kappa shape index (κ3) is 8.62. The van der Waals surface area contributed by atoms with Gasteiger partial charge in [-0.25, -0.2) is 0 Å².